The van der Waals surface area contributed by atoms with E-state index in [0.717, 1.165) is 46.3 Å². The first-order valence-electron chi connectivity index (χ1n) is 9.32. The molecule has 0 amide bonds. The van der Waals surface area contributed by atoms with Gasteiger partial charge in [0.15, 0.2) is 22.5 Å². The standard InChI is InChI=1S/C21H25N3O4S/c1-4-24-20(15-28-17-11-9-16(25-2)10-12-17)22-23-21(24)29-14-13-27-19-8-6-5-7-18(19)26-3/h5-12H,4,13-15H2,1-3H3. The lowest BCUT2D eigenvalue weighted by Crippen LogP contribution is -2.08. The van der Waals surface area contributed by atoms with Gasteiger partial charge in [-0.25, -0.2) is 0 Å². The largest absolute Gasteiger partial charge is 0.497 e. The van der Waals surface area contributed by atoms with Crippen molar-refractivity contribution in [3.63, 3.8) is 0 Å². The van der Waals surface area contributed by atoms with E-state index < -0.39 is 0 Å². The molecule has 2 aromatic carbocycles. The first-order chi connectivity index (χ1) is 14.2. The maximum Gasteiger partial charge on any atom is 0.191 e. The highest BCUT2D eigenvalue weighted by atomic mass is 32.2. The summed E-state index contributed by atoms with van der Waals surface area (Å²) < 4.78 is 24.2. The van der Waals surface area contributed by atoms with Crippen LogP contribution in [-0.2, 0) is 13.2 Å². The fraction of sp³-hybridized carbons (Fsp3) is 0.333. The average Bonchev–Trinajstić information content (AvgIpc) is 3.17. The van der Waals surface area contributed by atoms with E-state index in [1.165, 1.54) is 0 Å². The Morgan fingerprint density at radius 3 is 2.28 bits per heavy atom. The van der Waals surface area contributed by atoms with E-state index in [1.54, 1.807) is 26.0 Å². The van der Waals surface area contributed by atoms with Gasteiger partial charge in [0.2, 0.25) is 0 Å². The van der Waals surface area contributed by atoms with Crippen LogP contribution in [0.4, 0.5) is 0 Å². The molecular weight excluding hydrogens is 390 g/mol. The number of aromatic nitrogens is 3. The van der Waals surface area contributed by atoms with Crippen LogP contribution in [-0.4, -0.2) is 41.3 Å². The molecule has 0 aliphatic heterocycles. The van der Waals surface area contributed by atoms with E-state index in [9.17, 15) is 0 Å². The Balaban J connectivity index is 1.52. The van der Waals surface area contributed by atoms with E-state index >= 15 is 0 Å². The van der Waals surface area contributed by atoms with Crippen molar-refractivity contribution in [1.29, 1.82) is 0 Å². The van der Waals surface area contributed by atoms with Gasteiger partial charge < -0.3 is 23.5 Å². The maximum atomic E-state index is 5.83. The zero-order chi connectivity index (χ0) is 20.5. The molecule has 0 radical (unpaired) electrons. The zero-order valence-corrected chi connectivity index (χ0v) is 17.6. The van der Waals surface area contributed by atoms with Gasteiger partial charge in [0, 0.05) is 12.3 Å². The first-order valence-corrected chi connectivity index (χ1v) is 10.3. The minimum Gasteiger partial charge on any atom is -0.497 e. The topological polar surface area (TPSA) is 67.6 Å². The van der Waals surface area contributed by atoms with Crippen molar-refractivity contribution in [2.45, 2.75) is 25.2 Å². The molecule has 1 heterocycles. The van der Waals surface area contributed by atoms with Crippen molar-refractivity contribution in [3.8, 4) is 23.0 Å². The van der Waals surface area contributed by atoms with Crippen LogP contribution >= 0.6 is 11.8 Å². The van der Waals surface area contributed by atoms with E-state index in [2.05, 4.69) is 21.7 Å². The van der Waals surface area contributed by atoms with Gasteiger partial charge in [-0.15, -0.1) is 10.2 Å². The van der Waals surface area contributed by atoms with Gasteiger partial charge in [0.05, 0.1) is 20.8 Å². The SMILES string of the molecule is CCn1c(COc2ccc(OC)cc2)nnc1SCCOc1ccccc1OC. The number of hydrogen-bond donors (Lipinski definition) is 0. The van der Waals surface area contributed by atoms with Crippen LogP contribution in [0.5, 0.6) is 23.0 Å². The summed E-state index contributed by atoms with van der Waals surface area (Å²) in [6.07, 6.45) is 0. The molecule has 3 aromatic rings. The Morgan fingerprint density at radius 1 is 0.862 bits per heavy atom. The summed E-state index contributed by atoms with van der Waals surface area (Å²) in [4.78, 5) is 0. The minimum absolute atomic E-state index is 0.353. The third-order valence-corrected chi connectivity index (χ3v) is 5.11. The average molecular weight is 416 g/mol. The maximum absolute atomic E-state index is 5.83. The first kappa shape index (κ1) is 20.9. The third kappa shape index (κ3) is 5.57. The summed E-state index contributed by atoms with van der Waals surface area (Å²) in [7, 11) is 3.27. The van der Waals surface area contributed by atoms with Crippen molar-refractivity contribution in [2.24, 2.45) is 0 Å². The van der Waals surface area contributed by atoms with Crippen LogP contribution in [0.3, 0.4) is 0 Å². The van der Waals surface area contributed by atoms with E-state index in [-0.39, 0.29) is 0 Å². The molecule has 0 atom stereocenters. The Labute approximate surface area is 175 Å². The molecule has 0 spiro atoms. The molecule has 29 heavy (non-hydrogen) atoms. The fourth-order valence-corrected chi connectivity index (χ4v) is 3.53. The minimum atomic E-state index is 0.353. The van der Waals surface area contributed by atoms with Gasteiger partial charge in [-0.2, -0.15) is 0 Å². The molecule has 1 aromatic heterocycles. The summed E-state index contributed by atoms with van der Waals surface area (Å²) in [6, 6.07) is 15.1. The summed E-state index contributed by atoms with van der Waals surface area (Å²) in [5.41, 5.74) is 0. The lowest BCUT2D eigenvalue weighted by Gasteiger charge is -2.11. The molecule has 0 aliphatic carbocycles. The number of thioether (sulfide) groups is 1. The van der Waals surface area contributed by atoms with Gasteiger partial charge in [0.1, 0.15) is 18.1 Å². The predicted molar refractivity (Wildman–Crippen MR) is 112 cm³/mol. The van der Waals surface area contributed by atoms with Crippen molar-refractivity contribution in [2.75, 3.05) is 26.6 Å². The van der Waals surface area contributed by atoms with Crippen LogP contribution in [0.15, 0.2) is 53.7 Å². The number of para-hydroxylation sites is 2. The van der Waals surface area contributed by atoms with Crippen molar-refractivity contribution in [1.82, 2.24) is 14.8 Å². The Hall–Kier alpha value is -2.87. The van der Waals surface area contributed by atoms with Crippen LogP contribution in [0.1, 0.15) is 12.7 Å². The highest BCUT2D eigenvalue weighted by molar-refractivity contribution is 7.99. The Bertz CT molecular complexity index is 899. The van der Waals surface area contributed by atoms with Crippen molar-refractivity contribution in [3.05, 3.63) is 54.4 Å². The van der Waals surface area contributed by atoms with Crippen LogP contribution in [0.2, 0.25) is 0 Å². The molecule has 8 heteroatoms. The summed E-state index contributed by atoms with van der Waals surface area (Å²) in [5, 5.41) is 9.43. The molecule has 0 bridgehead atoms. The summed E-state index contributed by atoms with van der Waals surface area (Å²) in [5.74, 6) is 4.55. The molecule has 0 saturated heterocycles. The number of hydrogen-bond acceptors (Lipinski definition) is 7. The fourth-order valence-electron chi connectivity index (χ4n) is 2.69. The number of ether oxygens (including phenoxy) is 4. The highest BCUT2D eigenvalue weighted by Gasteiger charge is 2.12. The Morgan fingerprint density at radius 2 is 1.59 bits per heavy atom. The third-order valence-electron chi connectivity index (χ3n) is 4.18. The molecule has 0 fully saturated rings. The zero-order valence-electron chi connectivity index (χ0n) is 16.8. The van der Waals surface area contributed by atoms with Gasteiger partial charge in [-0.3, -0.25) is 0 Å². The van der Waals surface area contributed by atoms with E-state index in [0.29, 0.717) is 13.2 Å². The number of benzene rings is 2. The molecule has 7 nitrogen and oxygen atoms in total. The van der Waals surface area contributed by atoms with Crippen LogP contribution in [0.25, 0.3) is 0 Å². The molecule has 154 valence electrons. The van der Waals surface area contributed by atoms with E-state index in [1.807, 2.05) is 48.5 Å². The second kappa shape index (κ2) is 10.6. The molecule has 0 aliphatic rings. The number of nitrogens with zero attached hydrogens (tertiary/aromatic N) is 3. The Kier molecular flexibility index (Phi) is 7.63. The van der Waals surface area contributed by atoms with Crippen molar-refractivity contribution < 1.29 is 18.9 Å². The normalized spacial score (nSPS) is 10.6. The monoisotopic (exact) mass is 415 g/mol. The quantitative estimate of drug-likeness (QED) is 0.345. The van der Waals surface area contributed by atoms with Crippen LogP contribution < -0.4 is 18.9 Å². The smallest absolute Gasteiger partial charge is 0.191 e. The molecule has 0 saturated carbocycles. The predicted octanol–water partition coefficient (Wildman–Crippen LogP) is 4.07. The molecule has 0 N–H and O–H groups in total. The number of methoxy groups -OCH3 is 2. The van der Waals surface area contributed by atoms with Gasteiger partial charge in [-0.1, -0.05) is 23.9 Å². The molecular formula is C21H25N3O4S. The second-order valence-electron chi connectivity index (χ2n) is 5.96. The summed E-state index contributed by atoms with van der Waals surface area (Å²) in [6.45, 7) is 3.73. The van der Waals surface area contributed by atoms with Crippen LogP contribution in [0, 0.1) is 0 Å². The molecule has 3 rings (SSSR count). The summed E-state index contributed by atoms with van der Waals surface area (Å²) >= 11 is 1.60. The van der Waals surface area contributed by atoms with Gasteiger partial charge >= 0.3 is 0 Å². The van der Waals surface area contributed by atoms with Gasteiger partial charge in [-0.05, 0) is 43.3 Å². The van der Waals surface area contributed by atoms with E-state index in [4.69, 9.17) is 18.9 Å². The van der Waals surface area contributed by atoms with Gasteiger partial charge in [0.25, 0.3) is 0 Å². The molecule has 0 unspecified atom stereocenters. The van der Waals surface area contributed by atoms with Crippen molar-refractivity contribution >= 4 is 11.8 Å². The highest BCUT2D eigenvalue weighted by Crippen LogP contribution is 2.26. The second-order valence-corrected chi connectivity index (χ2v) is 7.02. The number of rotatable bonds is 11. The lowest BCUT2D eigenvalue weighted by molar-refractivity contribution is 0.287. The lowest BCUT2D eigenvalue weighted by atomic mass is 10.3.